The Balaban J connectivity index is 2.72. The Morgan fingerprint density at radius 2 is 1.93 bits per heavy atom. The van der Waals surface area contributed by atoms with Gasteiger partial charge in [-0.2, -0.15) is 0 Å². The number of carbonyl (C=O) groups excluding carboxylic acids is 1. The van der Waals surface area contributed by atoms with Crippen molar-refractivity contribution in [3.8, 4) is 0 Å². The minimum Gasteiger partial charge on any atom is -0.294 e. The number of hydrogen-bond donors (Lipinski definition) is 0. The van der Waals surface area contributed by atoms with Crippen molar-refractivity contribution in [3.05, 3.63) is 55.0 Å². The average Bonchev–Trinajstić information content (AvgIpc) is 2.20. The third-order valence-electron chi connectivity index (χ3n) is 2.06. The van der Waals surface area contributed by atoms with Gasteiger partial charge in [0.2, 0.25) is 0 Å². The van der Waals surface area contributed by atoms with Crippen LogP contribution in [0.2, 0.25) is 0 Å². The Labute approximate surface area is 85.5 Å². The van der Waals surface area contributed by atoms with E-state index in [0.717, 1.165) is 12.0 Å². The normalized spacial score (nSPS) is 9.79. The molecule has 0 saturated carbocycles. The van der Waals surface area contributed by atoms with Crippen LogP contribution in [-0.4, -0.2) is 5.78 Å². The summed E-state index contributed by atoms with van der Waals surface area (Å²) in [6.45, 7) is 7.33. The average molecular weight is 187 g/mol. The Morgan fingerprint density at radius 3 is 2.43 bits per heavy atom. The molecule has 0 aliphatic carbocycles. The standard InChI is InChI=1S/C13H15O/c1-3-5-11-7-9-12(10-8-11)13(14)6-4-2/h3,7-10H,1-2,4-6H2. The molecule has 0 heterocycles. The van der Waals surface area contributed by atoms with Gasteiger partial charge < -0.3 is 0 Å². The number of ketones is 1. The van der Waals surface area contributed by atoms with E-state index in [9.17, 15) is 4.79 Å². The van der Waals surface area contributed by atoms with Crippen LogP contribution in [-0.2, 0) is 6.42 Å². The van der Waals surface area contributed by atoms with Crippen molar-refractivity contribution >= 4 is 5.78 Å². The van der Waals surface area contributed by atoms with Crippen molar-refractivity contribution in [2.75, 3.05) is 0 Å². The lowest BCUT2D eigenvalue weighted by molar-refractivity contribution is 0.0983. The van der Waals surface area contributed by atoms with Crippen LogP contribution >= 0.6 is 0 Å². The molecule has 0 aliphatic rings. The lowest BCUT2D eigenvalue weighted by Crippen LogP contribution is -1.97. The first-order chi connectivity index (χ1) is 6.77. The van der Waals surface area contributed by atoms with Crippen molar-refractivity contribution in [2.24, 2.45) is 0 Å². The van der Waals surface area contributed by atoms with Gasteiger partial charge in [0.1, 0.15) is 0 Å². The van der Waals surface area contributed by atoms with Gasteiger partial charge in [-0.3, -0.25) is 4.79 Å². The molecule has 0 spiro atoms. The van der Waals surface area contributed by atoms with E-state index < -0.39 is 0 Å². The summed E-state index contributed by atoms with van der Waals surface area (Å²) in [6.07, 6.45) is 3.89. The third-order valence-corrected chi connectivity index (χ3v) is 2.06. The highest BCUT2D eigenvalue weighted by Gasteiger charge is 2.03. The summed E-state index contributed by atoms with van der Waals surface area (Å²) in [4.78, 5) is 11.5. The van der Waals surface area contributed by atoms with Crippen LogP contribution in [0.25, 0.3) is 0 Å². The van der Waals surface area contributed by atoms with Crippen LogP contribution in [0.5, 0.6) is 0 Å². The summed E-state index contributed by atoms with van der Waals surface area (Å²) in [5, 5.41) is 0. The van der Waals surface area contributed by atoms with Gasteiger partial charge in [0.15, 0.2) is 5.78 Å². The first-order valence-corrected chi connectivity index (χ1v) is 4.80. The summed E-state index contributed by atoms with van der Waals surface area (Å²) >= 11 is 0. The molecule has 1 radical (unpaired) electrons. The van der Waals surface area contributed by atoms with Crippen LogP contribution in [0.4, 0.5) is 0 Å². The number of allylic oxidation sites excluding steroid dienone is 1. The summed E-state index contributed by atoms with van der Waals surface area (Å²) in [7, 11) is 0. The molecule has 1 aromatic rings. The summed E-state index contributed by atoms with van der Waals surface area (Å²) in [6, 6.07) is 7.68. The maximum Gasteiger partial charge on any atom is 0.162 e. The molecule has 0 unspecified atom stereocenters. The highest BCUT2D eigenvalue weighted by molar-refractivity contribution is 5.96. The van der Waals surface area contributed by atoms with Crippen LogP contribution < -0.4 is 0 Å². The zero-order valence-electron chi connectivity index (χ0n) is 8.33. The summed E-state index contributed by atoms with van der Waals surface area (Å²) < 4.78 is 0. The highest BCUT2D eigenvalue weighted by Crippen LogP contribution is 2.08. The Morgan fingerprint density at radius 1 is 1.29 bits per heavy atom. The first-order valence-electron chi connectivity index (χ1n) is 4.80. The second kappa shape index (κ2) is 5.38. The van der Waals surface area contributed by atoms with Gasteiger partial charge >= 0.3 is 0 Å². The molecular formula is C13H15O. The number of carbonyl (C=O) groups is 1. The molecule has 1 rings (SSSR count). The van der Waals surface area contributed by atoms with Crippen LogP contribution in [0.15, 0.2) is 36.9 Å². The molecule has 0 aromatic heterocycles. The van der Waals surface area contributed by atoms with Crippen molar-refractivity contribution in [1.29, 1.82) is 0 Å². The molecule has 0 saturated heterocycles. The zero-order valence-corrected chi connectivity index (χ0v) is 8.33. The van der Waals surface area contributed by atoms with Crippen molar-refractivity contribution < 1.29 is 4.79 Å². The monoisotopic (exact) mass is 187 g/mol. The molecule has 0 amide bonds. The van der Waals surface area contributed by atoms with E-state index in [-0.39, 0.29) is 5.78 Å². The molecular weight excluding hydrogens is 172 g/mol. The van der Waals surface area contributed by atoms with Gasteiger partial charge in [0, 0.05) is 12.0 Å². The van der Waals surface area contributed by atoms with Crippen LogP contribution in [0.1, 0.15) is 28.8 Å². The van der Waals surface area contributed by atoms with Crippen molar-refractivity contribution in [1.82, 2.24) is 0 Å². The van der Waals surface area contributed by atoms with Gasteiger partial charge in [-0.05, 0) is 18.4 Å². The summed E-state index contributed by atoms with van der Waals surface area (Å²) in [5.41, 5.74) is 1.97. The van der Waals surface area contributed by atoms with Gasteiger partial charge in [0.25, 0.3) is 0 Å². The number of Topliss-reactive ketones (excluding diaryl/α,β-unsaturated/α-hetero) is 1. The zero-order chi connectivity index (χ0) is 10.4. The fraction of sp³-hybridized carbons (Fsp3) is 0.231. The minimum atomic E-state index is 0.171. The quantitative estimate of drug-likeness (QED) is 0.511. The van der Waals surface area contributed by atoms with E-state index in [1.165, 1.54) is 5.56 Å². The predicted molar refractivity (Wildman–Crippen MR) is 59.3 cm³/mol. The lowest BCUT2D eigenvalue weighted by atomic mass is 10.0. The number of rotatable bonds is 5. The molecule has 0 fully saturated rings. The minimum absolute atomic E-state index is 0.171. The first kappa shape index (κ1) is 10.7. The highest BCUT2D eigenvalue weighted by atomic mass is 16.1. The van der Waals surface area contributed by atoms with E-state index >= 15 is 0 Å². The van der Waals surface area contributed by atoms with E-state index in [4.69, 9.17) is 0 Å². The Hall–Kier alpha value is -1.37. The molecule has 0 atom stereocenters. The van der Waals surface area contributed by atoms with Crippen LogP contribution in [0.3, 0.4) is 0 Å². The number of hydrogen-bond acceptors (Lipinski definition) is 1. The van der Waals surface area contributed by atoms with Gasteiger partial charge in [-0.25, -0.2) is 0 Å². The maximum atomic E-state index is 11.5. The molecule has 0 N–H and O–H groups in total. The Kier molecular flexibility index (Phi) is 4.11. The largest absolute Gasteiger partial charge is 0.294 e. The second-order valence-electron chi connectivity index (χ2n) is 3.22. The number of benzene rings is 1. The Bertz CT molecular complexity index is 309. The molecule has 0 aliphatic heterocycles. The predicted octanol–water partition coefficient (Wildman–Crippen LogP) is 3.21. The maximum absolute atomic E-state index is 11.5. The molecule has 1 aromatic carbocycles. The fourth-order valence-electron chi connectivity index (χ4n) is 1.30. The lowest BCUT2D eigenvalue weighted by Gasteiger charge is -2.00. The topological polar surface area (TPSA) is 17.1 Å². The van der Waals surface area contributed by atoms with Gasteiger partial charge in [0.05, 0.1) is 0 Å². The molecule has 0 bridgehead atoms. The van der Waals surface area contributed by atoms with Gasteiger partial charge in [-0.1, -0.05) is 37.3 Å². The molecule has 14 heavy (non-hydrogen) atoms. The smallest absolute Gasteiger partial charge is 0.162 e. The van der Waals surface area contributed by atoms with Crippen molar-refractivity contribution in [2.45, 2.75) is 19.3 Å². The molecule has 1 heteroatoms. The summed E-state index contributed by atoms with van der Waals surface area (Å²) in [5.74, 6) is 0.171. The van der Waals surface area contributed by atoms with Crippen molar-refractivity contribution in [3.63, 3.8) is 0 Å². The van der Waals surface area contributed by atoms with E-state index in [1.54, 1.807) is 0 Å². The van der Waals surface area contributed by atoms with E-state index in [0.29, 0.717) is 12.8 Å². The fourth-order valence-corrected chi connectivity index (χ4v) is 1.30. The van der Waals surface area contributed by atoms with Gasteiger partial charge in [-0.15, -0.1) is 6.58 Å². The molecule has 73 valence electrons. The van der Waals surface area contributed by atoms with Crippen LogP contribution in [0, 0.1) is 6.92 Å². The van der Waals surface area contributed by atoms with E-state index in [1.807, 2.05) is 30.3 Å². The van der Waals surface area contributed by atoms with E-state index in [2.05, 4.69) is 13.5 Å². The molecule has 1 nitrogen and oxygen atoms in total. The third kappa shape index (κ3) is 2.84. The SMILES string of the molecule is [CH2]CCC(=O)c1ccc(CC=C)cc1. The second-order valence-corrected chi connectivity index (χ2v) is 3.22.